The third kappa shape index (κ3) is 4.81. The molecule has 0 heterocycles. The fourth-order valence-electron chi connectivity index (χ4n) is 1.95. The van der Waals surface area contributed by atoms with Crippen molar-refractivity contribution < 1.29 is 19.5 Å². The Hall–Kier alpha value is -1.98. The lowest BCUT2D eigenvalue weighted by molar-refractivity contribution is 0.248. The van der Waals surface area contributed by atoms with E-state index in [-0.39, 0.29) is 0 Å². The number of aryl methyl sites for hydroxylation is 1. The van der Waals surface area contributed by atoms with Gasteiger partial charge in [0.05, 0.1) is 13.2 Å². The van der Waals surface area contributed by atoms with E-state index in [0.717, 1.165) is 11.3 Å². The van der Waals surface area contributed by atoms with Gasteiger partial charge in [-0.2, -0.15) is 0 Å². The second kappa shape index (κ2) is 7.71. The van der Waals surface area contributed by atoms with Crippen LogP contribution in [0.25, 0.3) is 0 Å². The molecule has 4 nitrogen and oxygen atoms in total. The van der Waals surface area contributed by atoms with Gasteiger partial charge in [-0.05, 0) is 25.1 Å². The predicted molar refractivity (Wildman–Crippen MR) is 83.1 cm³/mol. The van der Waals surface area contributed by atoms with Crippen molar-refractivity contribution in [3.63, 3.8) is 0 Å². The lowest BCUT2D eigenvalue weighted by Gasteiger charge is -2.12. The Labute approximate surface area is 125 Å². The van der Waals surface area contributed by atoms with Gasteiger partial charge in [0.2, 0.25) is 0 Å². The Morgan fingerprint density at radius 2 is 1.67 bits per heavy atom. The Kier molecular flexibility index (Phi) is 5.66. The standard InChI is InChI=1S/C16H19BO4/c1-13-8-9-16(15(12-13)17(18)19)21-11-5-10-20-14-6-3-2-4-7-14/h2-4,6-9,12,18-19H,5,10-11H2,1H3. The molecule has 0 bridgehead atoms. The van der Waals surface area contributed by atoms with Crippen LogP contribution in [0.3, 0.4) is 0 Å². The average molecular weight is 286 g/mol. The molecule has 0 spiro atoms. The van der Waals surface area contributed by atoms with E-state index in [0.29, 0.717) is 30.8 Å². The monoisotopic (exact) mass is 286 g/mol. The van der Waals surface area contributed by atoms with E-state index < -0.39 is 7.12 Å². The van der Waals surface area contributed by atoms with Crippen LogP contribution in [0.5, 0.6) is 11.5 Å². The van der Waals surface area contributed by atoms with Crippen LogP contribution in [-0.2, 0) is 0 Å². The summed E-state index contributed by atoms with van der Waals surface area (Å²) in [5, 5.41) is 18.7. The Bertz CT molecular complexity index is 557. The van der Waals surface area contributed by atoms with Crippen molar-refractivity contribution in [2.45, 2.75) is 13.3 Å². The summed E-state index contributed by atoms with van der Waals surface area (Å²) >= 11 is 0. The van der Waals surface area contributed by atoms with Crippen LogP contribution in [0.15, 0.2) is 48.5 Å². The minimum Gasteiger partial charge on any atom is -0.494 e. The molecule has 0 amide bonds. The molecule has 0 saturated heterocycles. The van der Waals surface area contributed by atoms with Gasteiger partial charge in [-0.1, -0.05) is 35.9 Å². The summed E-state index contributed by atoms with van der Waals surface area (Å²) in [7, 11) is -1.53. The van der Waals surface area contributed by atoms with E-state index in [9.17, 15) is 10.0 Å². The maximum Gasteiger partial charge on any atom is 0.492 e. The van der Waals surface area contributed by atoms with Crippen LogP contribution in [0, 0.1) is 6.92 Å². The zero-order valence-corrected chi connectivity index (χ0v) is 12.0. The van der Waals surface area contributed by atoms with Gasteiger partial charge in [0.1, 0.15) is 11.5 Å². The minimum atomic E-state index is -1.53. The average Bonchev–Trinajstić information content (AvgIpc) is 2.49. The highest BCUT2D eigenvalue weighted by atomic mass is 16.5. The number of benzene rings is 2. The molecule has 0 fully saturated rings. The molecule has 2 aromatic rings. The van der Waals surface area contributed by atoms with Gasteiger partial charge in [-0.3, -0.25) is 0 Å². The molecule has 110 valence electrons. The van der Waals surface area contributed by atoms with Crippen molar-refractivity contribution in [1.82, 2.24) is 0 Å². The number of hydrogen-bond acceptors (Lipinski definition) is 4. The molecule has 0 aliphatic rings. The lowest BCUT2D eigenvalue weighted by atomic mass is 9.79. The highest BCUT2D eigenvalue weighted by Crippen LogP contribution is 2.11. The van der Waals surface area contributed by atoms with Gasteiger partial charge in [0.15, 0.2) is 0 Å². The first kappa shape index (κ1) is 15.4. The van der Waals surface area contributed by atoms with Gasteiger partial charge in [-0.25, -0.2) is 0 Å². The topological polar surface area (TPSA) is 58.9 Å². The number of rotatable bonds is 7. The molecular formula is C16H19BO4. The molecule has 5 heteroatoms. The molecule has 0 aromatic heterocycles. The van der Waals surface area contributed by atoms with Gasteiger partial charge in [0.25, 0.3) is 0 Å². The highest BCUT2D eigenvalue weighted by molar-refractivity contribution is 6.59. The van der Waals surface area contributed by atoms with E-state index >= 15 is 0 Å². The summed E-state index contributed by atoms with van der Waals surface area (Å²) in [6, 6.07) is 14.9. The second-order valence-corrected chi connectivity index (χ2v) is 4.78. The first-order chi connectivity index (χ1) is 10.2. The van der Waals surface area contributed by atoms with Gasteiger partial charge in [-0.15, -0.1) is 0 Å². The lowest BCUT2D eigenvalue weighted by Crippen LogP contribution is -2.31. The highest BCUT2D eigenvalue weighted by Gasteiger charge is 2.17. The number of ether oxygens (including phenoxy) is 2. The van der Waals surface area contributed by atoms with E-state index in [1.165, 1.54) is 0 Å². The zero-order valence-electron chi connectivity index (χ0n) is 12.0. The predicted octanol–water partition coefficient (Wildman–Crippen LogP) is 1.52. The molecule has 2 rings (SSSR count). The van der Waals surface area contributed by atoms with Gasteiger partial charge < -0.3 is 19.5 Å². The Balaban J connectivity index is 1.78. The summed E-state index contributed by atoms with van der Waals surface area (Å²) in [5.74, 6) is 1.33. The Morgan fingerprint density at radius 1 is 0.952 bits per heavy atom. The molecule has 2 aromatic carbocycles. The number of para-hydroxylation sites is 1. The first-order valence-electron chi connectivity index (χ1n) is 6.94. The second-order valence-electron chi connectivity index (χ2n) is 4.78. The van der Waals surface area contributed by atoms with E-state index in [1.807, 2.05) is 43.3 Å². The third-order valence-corrected chi connectivity index (χ3v) is 3.00. The summed E-state index contributed by atoms with van der Waals surface area (Å²) in [6.45, 7) is 2.89. The first-order valence-corrected chi connectivity index (χ1v) is 6.94. The molecular weight excluding hydrogens is 267 g/mol. The van der Waals surface area contributed by atoms with Crippen molar-refractivity contribution >= 4 is 12.6 Å². The molecule has 0 aliphatic carbocycles. The molecule has 21 heavy (non-hydrogen) atoms. The summed E-state index contributed by atoms with van der Waals surface area (Å²) in [5.41, 5.74) is 1.34. The fourth-order valence-corrected chi connectivity index (χ4v) is 1.95. The molecule has 0 radical (unpaired) electrons. The largest absolute Gasteiger partial charge is 0.494 e. The fraction of sp³-hybridized carbons (Fsp3) is 0.250. The summed E-state index contributed by atoms with van der Waals surface area (Å²) in [4.78, 5) is 0. The van der Waals surface area contributed by atoms with Gasteiger partial charge >= 0.3 is 7.12 Å². The molecule has 0 saturated carbocycles. The maximum atomic E-state index is 9.33. The van der Waals surface area contributed by atoms with Crippen LogP contribution >= 0.6 is 0 Å². The van der Waals surface area contributed by atoms with Crippen molar-refractivity contribution in [1.29, 1.82) is 0 Å². The van der Waals surface area contributed by atoms with Crippen LogP contribution in [0.1, 0.15) is 12.0 Å². The number of hydrogen-bond donors (Lipinski definition) is 2. The smallest absolute Gasteiger partial charge is 0.492 e. The van der Waals surface area contributed by atoms with Gasteiger partial charge in [0, 0.05) is 11.9 Å². The molecule has 0 atom stereocenters. The van der Waals surface area contributed by atoms with Crippen molar-refractivity contribution in [3.8, 4) is 11.5 Å². The van der Waals surface area contributed by atoms with Crippen LogP contribution in [0.4, 0.5) is 0 Å². The third-order valence-electron chi connectivity index (χ3n) is 3.00. The quantitative estimate of drug-likeness (QED) is 0.598. The van der Waals surface area contributed by atoms with Crippen molar-refractivity contribution in [3.05, 3.63) is 54.1 Å². The zero-order chi connectivity index (χ0) is 15.1. The Morgan fingerprint density at radius 3 is 2.38 bits per heavy atom. The molecule has 0 aliphatic heterocycles. The summed E-state index contributed by atoms with van der Waals surface area (Å²) < 4.78 is 11.2. The van der Waals surface area contributed by atoms with Crippen LogP contribution < -0.4 is 14.9 Å². The minimum absolute atomic E-state index is 0.388. The maximum absolute atomic E-state index is 9.33. The van der Waals surface area contributed by atoms with E-state index in [1.54, 1.807) is 12.1 Å². The van der Waals surface area contributed by atoms with E-state index in [2.05, 4.69) is 0 Å². The molecule has 0 unspecified atom stereocenters. The molecule has 2 N–H and O–H groups in total. The van der Waals surface area contributed by atoms with Crippen LogP contribution in [-0.4, -0.2) is 30.4 Å². The van der Waals surface area contributed by atoms with E-state index in [4.69, 9.17) is 9.47 Å². The van der Waals surface area contributed by atoms with Crippen molar-refractivity contribution in [2.75, 3.05) is 13.2 Å². The SMILES string of the molecule is Cc1ccc(OCCCOc2ccccc2)c(B(O)O)c1. The van der Waals surface area contributed by atoms with Crippen molar-refractivity contribution in [2.24, 2.45) is 0 Å². The summed E-state index contributed by atoms with van der Waals surface area (Å²) in [6.07, 6.45) is 0.712. The van der Waals surface area contributed by atoms with Crippen LogP contribution in [0.2, 0.25) is 0 Å². The normalized spacial score (nSPS) is 10.2.